The SMILES string of the molecule is CC(=O)c1ccc(C=CCCNC(=O)OCC2c3ccccc3-c3ccccc32)c(N)c1. The van der Waals surface area contributed by atoms with Crippen molar-refractivity contribution in [3.8, 4) is 11.1 Å². The molecule has 3 aromatic rings. The van der Waals surface area contributed by atoms with Crippen LogP contribution in [-0.2, 0) is 4.74 Å². The van der Waals surface area contributed by atoms with Crippen LogP contribution in [0.3, 0.4) is 0 Å². The van der Waals surface area contributed by atoms with Crippen LogP contribution in [0.25, 0.3) is 17.2 Å². The Balaban J connectivity index is 1.27. The van der Waals surface area contributed by atoms with Crippen molar-refractivity contribution in [2.75, 3.05) is 18.9 Å². The van der Waals surface area contributed by atoms with Crippen LogP contribution in [-0.4, -0.2) is 25.0 Å². The van der Waals surface area contributed by atoms with Crippen LogP contribution in [0.15, 0.2) is 72.8 Å². The molecule has 5 nitrogen and oxygen atoms in total. The van der Waals surface area contributed by atoms with Gasteiger partial charge in [-0.05, 0) is 47.2 Å². The van der Waals surface area contributed by atoms with Crippen LogP contribution in [0, 0.1) is 0 Å². The number of Topliss-reactive ketones (excluding diaryl/α,β-unsaturated/α-hetero) is 1. The van der Waals surface area contributed by atoms with Crippen LogP contribution in [0.4, 0.5) is 10.5 Å². The Kier molecular flexibility index (Phi) is 6.36. The van der Waals surface area contributed by atoms with Gasteiger partial charge in [0.25, 0.3) is 0 Å². The van der Waals surface area contributed by atoms with Gasteiger partial charge in [-0.25, -0.2) is 4.79 Å². The standard InChI is InChI=1S/C27H26N2O3/c1-18(30)20-14-13-19(26(28)16-20)8-6-7-15-29-27(31)32-17-25-23-11-4-2-9-21(23)22-10-3-5-12-24(22)25/h2-6,8-14,16,25H,7,15,17,28H2,1H3,(H,29,31). The molecule has 5 heteroatoms. The zero-order valence-corrected chi connectivity index (χ0v) is 18.0. The molecule has 1 aliphatic carbocycles. The van der Waals surface area contributed by atoms with Gasteiger partial charge in [0.2, 0.25) is 0 Å². The summed E-state index contributed by atoms with van der Waals surface area (Å²) >= 11 is 0. The average molecular weight is 427 g/mol. The number of carbonyl (C=O) groups is 2. The van der Waals surface area contributed by atoms with Gasteiger partial charge in [0.15, 0.2) is 5.78 Å². The molecule has 3 N–H and O–H groups in total. The highest BCUT2D eigenvalue weighted by Crippen LogP contribution is 2.44. The Morgan fingerprint density at radius 2 is 1.66 bits per heavy atom. The van der Waals surface area contributed by atoms with Crippen molar-refractivity contribution in [3.63, 3.8) is 0 Å². The van der Waals surface area contributed by atoms with Gasteiger partial charge in [-0.2, -0.15) is 0 Å². The second-order valence-electron chi connectivity index (χ2n) is 7.84. The molecular weight excluding hydrogens is 400 g/mol. The highest BCUT2D eigenvalue weighted by atomic mass is 16.5. The molecule has 32 heavy (non-hydrogen) atoms. The van der Waals surface area contributed by atoms with Crippen molar-refractivity contribution in [1.82, 2.24) is 5.32 Å². The Morgan fingerprint density at radius 1 is 1.00 bits per heavy atom. The van der Waals surface area contributed by atoms with Crippen LogP contribution in [0.2, 0.25) is 0 Å². The van der Waals surface area contributed by atoms with Crippen molar-refractivity contribution < 1.29 is 14.3 Å². The molecule has 0 aromatic heterocycles. The number of ketones is 1. The lowest BCUT2D eigenvalue weighted by Gasteiger charge is -2.14. The maximum Gasteiger partial charge on any atom is 0.407 e. The second kappa shape index (κ2) is 9.52. The number of carbonyl (C=O) groups excluding carboxylic acids is 2. The predicted molar refractivity (Wildman–Crippen MR) is 128 cm³/mol. The largest absolute Gasteiger partial charge is 0.449 e. The number of amides is 1. The van der Waals surface area contributed by atoms with E-state index < -0.39 is 6.09 Å². The summed E-state index contributed by atoms with van der Waals surface area (Å²) in [6.45, 7) is 2.27. The number of ether oxygens (including phenoxy) is 1. The van der Waals surface area contributed by atoms with Crippen LogP contribution in [0.5, 0.6) is 0 Å². The van der Waals surface area contributed by atoms with E-state index in [1.807, 2.05) is 42.5 Å². The van der Waals surface area contributed by atoms with Gasteiger partial charge in [-0.3, -0.25) is 4.79 Å². The summed E-state index contributed by atoms with van der Waals surface area (Å²) < 4.78 is 5.53. The van der Waals surface area contributed by atoms with Crippen molar-refractivity contribution in [1.29, 1.82) is 0 Å². The van der Waals surface area contributed by atoms with Gasteiger partial charge < -0.3 is 15.8 Å². The van der Waals surface area contributed by atoms with Crippen LogP contribution < -0.4 is 11.1 Å². The first-order valence-electron chi connectivity index (χ1n) is 10.7. The number of alkyl carbamates (subject to hydrolysis) is 1. The first-order valence-corrected chi connectivity index (χ1v) is 10.7. The van der Waals surface area contributed by atoms with Crippen molar-refractivity contribution in [3.05, 3.63) is 95.1 Å². The van der Waals surface area contributed by atoms with Crippen molar-refractivity contribution >= 4 is 23.6 Å². The highest BCUT2D eigenvalue weighted by Gasteiger charge is 2.28. The van der Waals surface area contributed by atoms with E-state index in [0.717, 1.165) is 5.56 Å². The maximum atomic E-state index is 12.2. The number of nitrogen functional groups attached to an aromatic ring is 1. The summed E-state index contributed by atoms with van der Waals surface area (Å²) in [5, 5.41) is 2.79. The molecule has 0 heterocycles. The van der Waals surface area contributed by atoms with E-state index in [-0.39, 0.29) is 11.7 Å². The fourth-order valence-electron chi connectivity index (χ4n) is 4.06. The molecule has 0 fully saturated rings. The molecule has 0 atom stereocenters. The monoisotopic (exact) mass is 426 g/mol. The molecule has 0 radical (unpaired) electrons. The number of anilines is 1. The average Bonchev–Trinajstić information content (AvgIpc) is 3.12. The lowest BCUT2D eigenvalue weighted by molar-refractivity contribution is 0.101. The van der Waals surface area contributed by atoms with Gasteiger partial charge >= 0.3 is 6.09 Å². The Bertz CT molecular complexity index is 1140. The lowest BCUT2D eigenvalue weighted by atomic mass is 9.98. The van der Waals surface area contributed by atoms with E-state index in [0.29, 0.717) is 30.8 Å². The van der Waals surface area contributed by atoms with Crippen molar-refractivity contribution in [2.45, 2.75) is 19.3 Å². The Morgan fingerprint density at radius 3 is 2.28 bits per heavy atom. The predicted octanol–water partition coefficient (Wildman–Crippen LogP) is 5.41. The molecule has 0 saturated carbocycles. The minimum absolute atomic E-state index is 0.0143. The second-order valence-corrected chi connectivity index (χ2v) is 7.84. The van der Waals surface area contributed by atoms with Gasteiger partial charge in [0.1, 0.15) is 6.61 Å². The number of fused-ring (bicyclic) bond motifs is 3. The first kappa shape index (κ1) is 21.4. The van der Waals surface area contributed by atoms with Gasteiger partial charge in [-0.1, -0.05) is 72.8 Å². The summed E-state index contributed by atoms with van der Waals surface area (Å²) in [5.41, 5.74) is 12.8. The van der Waals surface area contributed by atoms with Crippen LogP contribution >= 0.6 is 0 Å². The molecule has 0 aliphatic heterocycles. The normalized spacial score (nSPS) is 12.4. The molecule has 1 amide bonds. The summed E-state index contributed by atoms with van der Waals surface area (Å²) in [5.74, 6) is 0.0357. The Hall–Kier alpha value is -3.86. The smallest absolute Gasteiger partial charge is 0.407 e. The Labute approximate surface area is 187 Å². The topological polar surface area (TPSA) is 81.4 Å². The fourth-order valence-corrected chi connectivity index (χ4v) is 4.06. The molecular formula is C27H26N2O3. The summed E-state index contributed by atoms with van der Waals surface area (Å²) in [4.78, 5) is 23.6. The summed E-state index contributed by atoms with van der Waals surface area (Å²) in [6, 6.07) is 21.8. The zero-order valence-electron chi connectivity index (χ0n) is 18.0. The third-order valence-electron chi connectivity index (χ3n) is 5.71. The summed E-state index contributed by atoms with van der Waals surface area (Å²) in [6.07, 6.45) is 4.03. The third-order valence-corrected chi connectivity index (χ3v) is 5.71. The van der Waals surface area contributed by atoms with E-state index in [1.165, 1.54) is 29.2 Å². The number of rotatable bonds is 7. The van der Waals surface area contributed by atoms with Crippen molar-refractivity contribution in [2.24, 2.45) is 0 Å². The molecule has 162 valence electrons. The van der Waals surface area contributed by atoms with E-state index in [9.17, 15) is 9.59 Å². The molecule has 0 spiro atoms. The van der Waals surface area contributed by atoms with Crippen LogP contribution in [0.1, 0.15) is 46.3 Å². The zero-order chi connectivity index (χ0) is 22.5. The van der Waals surface area contributed by atoms with Gasteiger partial charge in [0, 0.05) is 23.7 Å². The number of benzene rings is 3. The third kappa shape index (κ3) is 4.57. The van der Waals surface area contributed by atoms with E-state index in [1.54, 1.807) is 12.1 Å². The van der Waals surface area contributed by atoms with Gasteiger partial charge in [-0.15, -0.1) is 0 Å². The van der Waals surface area contributed by atoms with E-state index in [4.69, 9.17) is 10.5 Å². The molecule has 4 rings (SSSR count). The molecule has 0 bridgehead atoms. The number of nitrogens with one attached hydrogen (secondary N) is 1. The maximum absolute atomic E-state index is 12.2. The minimum atomic E-state index is -0.425. The molecule has 0 unspecified atom stereocenters. The highest BCUT2D eigenvalue weighted by molar-refractivity contribution is 5.95. The quantitative estimate of drug-likeness (QED) is 0.301. The summed E-state index contributed by atoms with van der Waals surface area (Å²) in [7, 11) is 0. The number of nitrogens with two attached hydrogens (primary N) is 1. The lowest BCUT2D eigenvalue weighted by Crippen LogP contribution is -2.26. The molecule has 1 aliphatic rings. The number of hydrogen-bond donors (Lipinski definition) is 2. The first-order chi connectivity index (χ1) is 15.5. The van der Waals surface area contributed by atoms with E-state index >= 15 is 0 Å². The minimum Gasteiger partial charge on any atom is -0.449 e. The van der Waals surface area contributed by atoms with E-state index in [2.05, 4.69) is 29.6 Å². The molecule has 3 aromatic carbocycles. The molecule has 0 saturated heterocycles. The van der Waals surface area contributed by atoms with Gasteiger partial charge in [0.05, 0.1) is 0 Å². The fraction of sp³-hybridized carbons (Fsp3) is 0.185. The number of hydrogen-bond acceptors (Lipinski definition) is 4.